The third-order valence-corrected chi connectivity index (χ3v) is 1.32. The highest BCUT2D eigenvalue weighted by Crippen LogP contribution is 2.21. The maximum absolute atomic E-state index is 11.9. The first-order valence-corrected chi connectivity index (χ1v) is 4.55. The summed E-state index contributed by atoms with van der Waals surface area (Å²) in [5.74, 6) is 0. The monoisotopic (exact) mass is 241 g/mol. The standard InChI is InChI=1S/C9H14F3NO3/c1-8(2,3)16-7(15)13-6(5-14)4-9(10,11)12/h5-6H,4H2,1-3H3,(H,13,15)/t6-/m0/s1. The van der Waals surface area contributed by atoms with Gasteiger partial charge in [0.05, 0.1) is 12.5 Å². The molecule has 1 amide bonds. The lowest BCUT2D eigenvalue weighted by molar-refractivity contribution is -0.143. The van der Waals surface area contributed by atoms with Crippen LogP contribution in [0.2, 0.25) is 0 Å². The molecule has 1 atom stereocenters. The molecule has 0 spiro atoms. The average molecular weight is 241 g/mol. The molecule has 0 saturated heterocycles. The summed E-state index contributed by atoms with van der Waals surface area (Å²) in [5, 5.41) is 1.83. The number of carbonyl (C=O) groups is 2. The van der Waals surface area contributed by atoms with E-state index >= 15 is 0 Å². The number of alkyl carbamates (subject to hydrolysis) is 1. The Balaban J connectivity index is 4.24. The Morgan fingerprint density at radius 2 is 1.88 bits per heavy atom. The van der Waals surface area contributed by atoms with Gasteiger partial charge >= 0.3 is 12.3 Å². The van der Waals surface area contributed by atoms with E-state index in [4.69, 9.17) is 4.74 Å². The number of halogens is 3. The van der Waals surface area contributed by atoms with Gasteiger partial charge in [-0.25, -0.2) is 4.79 Å². The van der Waals surface area contributed by atoms with E-state index in [1.807, 2.05) is 5.32 Å². The SMILES string of the molecule is CC(C)(C)OC(=O)N[C@H](C=O)CC(F)(F)F. The fourth-order valence-corrected chi connectivity index (χ4v) is 0.841. The molecular formula is C9H14F3NO3. The van der Waals surface area contributed by atoms with Crippen molar-refractivity contribution in [1.82, 2.24) is 5.32 Å². The maximum Gasteiger partial charge on any atom is 0.408 e. The van der Waals surface area contributed by atoms with Crippen molar-refractivity contribution in [1.29, 1.82) is 0 Å². The fourth-order valence-electron chi connectivity index (χ4n) is 0.841. The largest absolute Gasteiger partial charge is 0.444 e. The number of aldehydes is 1. The zero-order valence-electron chi connectivity index (χ0n) is 9.22. The van der Waals surface area contributed by atoms with Gasteiger partial charge in [-0.1, -0.05) is 0 Å². The molecule has 0 rings (SSSR count). The average Bonchev–Trinajstić information content (AvgIpc) is 1.96. The van der Waals surface area contributed by atoms with Gasteiger partial charge in [-0.05, 0) is 20.8 Å². The lowest BCUT2D eigenvalue weighted by Crippen LogP contribution is -2.42. The van der Waals surface area contributed by atoms with E-state index in [1.54, 1.807) is 20.8 Å². The molecule has 7 heteroatoms. The third-order valence-electron chi connectivity index (χ3n) is 1.32. The molecule has 0 heterocycles. The van der Waals surface area contributed by atoms with E-state index in [9.17, 15) is 22.8 Å². The van der Waals surface area contributed by atoms with Crippen LogP contribution in [-0.4, -0.2) is 30.2 Å². The lowest BCUT2D eigenvalue weighted by atomic mass is 10.2. The van der Waals surface area contributed by atoms with Gasteiger partial charge in [0.1, 0.15) is 11.9 Å². The number of nitrogens with one attached hydrogen (secondary N) is 1. The normalized spacial score (nSPS) is 14.1. The van der Waals surface area contributed by atoms with E-state index in [0.29, 0.717) is 0 Å². The molecule has 0 bridgehead atoms. The summed E-state index contributed by atoms with van der Waals surface area (Å²) in [6.45, 7) is 4.69. The Morgan fingerprint density at radius 3 is 2.19 bits per heavy atom. The minimum absolute atomic E-state index is 0.0252. The predicted molar refractivity (Wildman–Crippen MR) is 49.9 cm³/mol. The van der Waals surface area contributed by atoms with Crippen molar-refractivity contribution in [3.05, 3.63) is 0 Å². The van der Waals surface area contributed by atoms with Crippen molar-refractivity contribution in [2.75, 3.05) is 0 Å². The van der Waals surface area contributed by atoms with Crippen LogP contribution >= 0.6 is 0 Å². The number of hydrogen-bond acceptors (Lipinski definition) is 3. The van der Waals surface area contributed by atoms with Gasteiger partial charge in [0.2, 0.25) is 0 Å². The van der Waals surface area contributed by atoms with Gasteiger partial charge in [0.25, 0.3) is 0 Å². The number of carbonyl (C=O) groups excluding carboxylic acids is 2. The highest BCUT2D eigenvalue weighted by atomic mass is 19.4. The quantitative estimate of drug-likeness (QED) is 0.769. The smallest absolute Gasteiger partial charge is 0.408 e. The Morgan fingerprint density at radius 1 is 1.38 bits per heavy atom. The molecule has 0 saturated carbocycles. The summed E-state index contributed by atoms with van der Waals surface area (Å²) in [5.41, 5.74) is -0.824. The molecule has 0 unspecified atom stereocenters. The van der Waals surface area contributed by atoms with Gasteiger partial charge in [-0.3, -0.25) is 0 Å². The van der Waals surface area contributed by atoms with Gasteiger partial charge in [-0.2, -0.15) is 13.2 Å². The highest BCUT2D eigenvalue weighted by molar-refractivity contribution is 5.73. The Hall–Kier alpha value is -1.27. The zero-order valence-corrected chi connectivity index (χ0v) is 9.22. The Labute approximate surface area is 91.1 Å². The predicted octanol–water partition coefficient (Wildman–Crippen LogP) is 2.03. The molecule has 4 nitrogen and oxygen atoms in total. The van der Waals surface area contributed by atoms with Crippen LogP contribution in [0.3, 0.4) is 0 Å². The lowest BCUT2D eigenvalue weighted by Gasteiger charge is -2.21. The molecule has 0 fully saturated rings. The fraction of sp³-hybridized carbons (Fsp3) is 0.778. The van der Waals surface area contributed by atoms with Crippen LogP contribution in [0.15, 0.2) is 0 Å². The van der Waals surface area contributed by atoms with E-state index < -0.39 is 30.3 Å². The van der Waals surface area contributed by atoms with E-state index in [2.05, 4.69) is 0 Å². The molecule has 0 aliphatic carbocycles. The first-order chi connectivity index (χ1) is 7.03. The van der Waals surface area contributed by atoms with Crippen molar-refractivity contribution >= 4 is 12.4 Å². The van der Waals surface area contributed by atoms with Crippen LogP contribution in [-0.2, 0) is 9.53 Å². The molecule has 0 aliphatic rings. The van der Waals surface area contributed by atoms with E-state index in [0.717, 1.165) is 0 Å². The molecule has 1 N–H and O–H groups in total. The Bertz CT molecular complexity index is 258. The van der Waals surface area contributed by atoms with Crippen LogP contribution < -0.4 is 5.32 Å². The second-order valence-corrected chi connectivity index (χ2v) is 4.21. The first kappa shape index (κ1) is 14.7. The Kier molecular flexibility index (Phi) is 4.77. The van der Waals surface area contributed by atoms with Gasteiger partial charge in [0, 0.05) is 0 Å². The first-order valence-electron chi connectivity index (χ1n) is 4.55. The van der Waals surface area contributed by atoms with Crippen molar-refractivity contribution in [3.8, 4) is 0 Å². The topological polar surface area (TPSA) is 55.4 Å². The molecule has 0 radical (unpaired) electrons. The summed E-state index contributed by atoms with van der Waals surface area (Å²) < 4.78 is 40.5. The zero-order chi connectivity index (χ0) is 13.0. The van der Waals surface area contributed by atoms with Gasteiger partial charge < -0.3 is 14.8 Å². The molecule has 0 aliphatic heterocycles. The van der Waals surface area contributed by atoms with Crippen LogP contribution in [0.5, 0.6) is 0 Å². The van der Waals surface area contributed by atoms with Crippen molar-refractivity contribution in [2.24, 2.45) is 0 Å². The number of hydrogen-bond donors (Lipinski definition) is 1. The van der Waals surface area contributed by atoms with Crippen molar-refractivity contribution in [3.63, 3.8) is 0 Å². The van der Waals surface area contributed by atoms with Crippen molar-refractivity contribution < 1.29 is 27.5 Å². The molecular weight excluding hydrogens is 227 g/mol. The summed E-state index contributed by atoms with van der Waals surface area (Å²) >= 11 is 0. The van der Waals surface area contributed by atoms with Gasteiger partial charge in [-0.15, -0.1) is 0 Å². The number of amides is 1. The molecule has 0 aromatic carbocycles. The summed E-state index contributed by atoms with van der Waals surface area (Å²) in [6, 6.07) is -1.62. The molecule has 0 aromatic rings. The number of ether oxygens (including phenoxy) is 1. The minimum Gasteiger partial charge on any atom is -0.444 e. The number of rotatable bonds is 3. The van der Waals surface area contributed by atoms with Crippen molar-refractivity contribution in [2.45, 2.75) is 45.0 Å². The summed E-state index contributed by atoms with van der Waals surface area (Å²) in [6.07, 6.45) is -6.94. The van der Waals surface area contributed by atoms with Crippen LogP contribution in [0.1, 0.15) is 27.2 Å². The minimum atomic E-state index is -4.51. The number of alkyl halides is 3. The molecule has 0 aromatic heterocycles. The molecule has 16 heavy (non-hydrogen) atoms. The molecule has 94 valence electrons. The highest BCUT2D eigenvalue weighted by Gasteiger charge is 2.33. The summed E-state index contributed by atoms with van der Waals surface area (Å²) in [7, 11) is 0. The third kappa shape index (κ3) is 8.07. The van der Waals surface area contributed by atoms with Crippen LogP contribution in [0.4, 0.5) is 18.0 Å². The van der Waals surface area contributed by atoms with E-state index in [-0.39, 0.29) is 6.29 Å². The maximum atomic E-state index is 11.9. The van der Waals surface area contributed by atoms with Crippen LogP contribution in [0.25, 0.3) is 0 Å². The summed E-state index contributed by atoms with van der Waals surface area (Å²) in [4.78, 5) is 21.4. The van der Waals surface area contributed by atoms with E-state index in [1.165, 1.54) is 0 Å². The second kappa shape index (κ2) is 5.18. The second-order valence-electron chi connectivity index (χ2n) is 4.21. The van der Waals surface area contributed by atoms with Gasteiger partial charge in [0.15, 0.2) is 0 Å². The van der Waals surface area contributed by atoms with Crippen LogP contribution in [0, 0.1) is 0 Å².